The monoisotopic (exact) mass is 472 g/mol. The molecule has 7 nitrogen and oxygen atoms in total. The number of piperazine rings is 1. The van der Waals surface area contributed by atoms with Gasteiger partial charge in [0, 0.05) is 37.4 Å². The third kappa shape index (κ3) is 7.57. The summed E-state index contributed by atoms with van der Waals surface area (Å²) < 4.78 is 13.3. The molecular formula is C24H29FN4O3S. The molecule has 2 aromatic carbocycles. The summed E-state index contributed by atoms with van der Waals surface area (Å²) in [6.45, 7) is 2.21. The number of thioether (sulfide) groups is 1. The Balaban J connectivity index is 1.51. The second-order valence-electron chi connectivity index (χ2n) is 7.83. The van der Waals surface area contributed by atoms with E-state index in [9.17, 15) is 18.8 Å². The largest absolute Gasteiger partial charge is 0.340 e. The second-order valence-corrected chi connectivity index (χ2v) is 8.82. The normalized spacial score (nSPS) is 15.0. The molecule has 2 N–H and O–H groups in total. The summed E-state index contributed by atoms with van der Waals surface area (Å²) in [6.07, 6.45) is 2.52. The van der Waals surface area contributed by atoms with Crippen molar-refractivity contribution in [2.45, 2.75) is 12.5 Å². The molecule has 1 atom stereocenters. The van der Waals surface area contributed by atoms with Crippen LogP contribution in [0.2, 0.25) is 0 Å². The van der Waals surface area contributed by atoms with Gasteiger partial charge in [-0.25, -0.2) is 4.39 Å². The van der Waals surface area contributed by atoms with Crippen molar-refractivity contribution in [3.63, 3.8) is 0 Å². The van der Waals surface area contributed by atoms with Crippen LogP contribution in [-0.4, -0.2) is 78.3 Å². The number of hydrogen-bond donors (Lipinski definition) is 2. The van der Waals surface area contributed by atoms with Crippen molar-refractivity contribution < 1.29 is 18.8 Å². The first kappa shape index (κ1) is 24.7. The number of benzene rings is 2. The van der Waals surface area contributed by atoms with Gasteiger partial charge in [-0.1, -0.05) is 24.3 Å². The van der Waals surface area contributed by atoms with Crippen molar-refractivity contribution in [3.8, 4) is 0 Å². The molecule has 33 heavy (non-hydrogen) atoms. The topological polar surface area (TPSA) is 81.8 Å². The van der Waals surface area contributed by atoms with E-state index < -0.39 is 11.9 Å². The quantitative estimate of drug-likeness (QED) is 0.586. The molecule has 1 aliphatic rings. The standard InChI is InChI=1S/C24H29FN4O3S/c1-33-15-10-21(27-23(31)18-6-3-2-4-7-18)24(32)29-13-11-28(12-14-29)17-22(30)26-20-9-5-8-19(25)16-20/h2-9,16,21H,10-15,17H2,1H3,(H,26,30)(H,27,31). The van der Waals surface area contributed by atoms with Crippen LogP contribution in [0.4, 0.5) is 10.1 Å². The van der Waals surface area contributed by atoms with E-state index in [1.54, 1.807) is 53.1 Å². The Hall–Kier alpha value is -2.91. The minimum Gasteiger partial charge on any atom is -0.340 e. The lowest BCUT2D eigenvalue weighted by Gasteiger charge is -2.36. The predicted molar refractivity (Wildman–Crippen MR) is 129 cm³/mol. The number of nitrogens with zero attached hydrogens (tertiary/aromatic N) is 2. The first-order valence-electron chi connectivity index (χ1n) is 10.9. The molecule has 0 aliphatic carbocycles. The van der Waals surface area contributed by atoms with E-state index >= 15 is 0 Å². The van der Waals surface area contributed by atoms with Crippen molar-refractivity contribution in [1.29, 1.82) is 0 Å². The van der Waals surface area contributed by atoms with Gasteiger partial charge in [0.2, 0.25) is 11.8 Å². The van der Waals surface area contributed by atoms with Crippen LogP contribution < -0.4 is 10.6 Å². The second kappa shape index (κ2) is 12.4. The Labute approximate surface area is 197 Å². The lowest BCUT2D eigenvalue weighted by Crippen LogP contribution is -2.55. The zero-order chi connectivity index (χ0) is 23.6. The average Bonchev–Trinajstić information content (AvgIpc) is 2.82. The van der Waals surface area contributed by atoms with Crippen LogP contribution in [-0.2, 0) is 9.59 Å². The van der Waals surface area contributed by atoms with Gasteiger partial charge in [0.05, 0.1) is 6.54 Å². The van der Waals surface area contributed by atoms with E-state index in [4.69, 9.17) is 0 Å². The van der Waals surface area contributed by atoms with E-state index in [-0.39, 0.29) is 24.3 Å². The van der Waals surface area contributed by atoms with Crippen molar-refractivity contribution in [2.24, 2.45) is 0 Å². The molecule has 0 radical (unpaired) electrons. The summed E-state index contributed by atoms with van der Waals surface area (Å²) in [7, 11) is 0. The van der Waals surface area contributed by atoms with Crippen LogP contribution in [0.1, 0.15) is 16.8 Å². The number of halogens is 1. The van der Waals surface area contributed by atoms with Crippen LogP contribution in [0.15, 0.2) is 54.6 Å². The van der Waals surface area contributed by atoms with Crippen LogP contribution in [0.25, 0.3) is 0 Å². The minimum absolute atomic E-state index is 0.0998. The molecule has 0 saturated carbocycles. The maximum absolute atomic E-state index is 13.3. The molecule has 0 spiro atoms. The molecule has 1 heterocycles. The Morgan fingerprint density at radius 1 is 1.03 bits per heavy atom. The molecule has 1 unspecified atom stereocenters. The highest BCUT2D eigenvalue weighted by Gasteiger charge is 2.29. The molecule has 1 saturated heterocycles. The Kier molecular flexibility index (Phi) is 9.26. The highest BCUT2D eigenvalue weighted by molar-refractivity contribution is 7.98. The number of nitrogens with one attached hydrogen (secondary N) is 2. The number of carbonyl (C=O) groups excluding carboxylic acids is 3. The molecule has 3 amide bonds. The minimum atomic E-state index is -0.590. The molecule has 3 rings (SSSR count). The van der Waals surface area contributed by atoms with E-state index in [1.807, 2.05) is 17.2 Å². The van der Waals surface area contributed by atoms with Crippen molar-refractivity contribution in [2.75, 3.05) is 50.0 Å². The maximum Gasteiger partial charge on any atom is 0.251 e. The third-order valence-corrected chi connectivity index (χ3v) is 6.05. The fourth-order valence-electron chi connectivity index (χ4n) is 3.64. The Morgan fingerprint density at radius 3 is 2.42 bits per heavy atom. The number of rotatable bonds is 9. The lowest BCUT2D eigenvalue weighted by molar-refractivity contribution is -0.135. The maximum atomic E-state index is 13.3. The van der Waals surface area contributed by atoms with E-state index in [2.05, 4.69) is 10.6 Å². The van der Waals surface area contributed by atoms with E-state index in [0.29, 0.717) is 43.9 Å². The molecule has 176 valence electrons. The fraction of sp³-hybridized carbons (Fsp3) is 0.375. The lowest BCUT2D eigenvalue weighted by atomic mass is 10.1. The first-order valence-corrected chi connectivity index (χ1v) is 12.3. The molecule has 1 aliphatic heterocycles. The first-order chi connectivity index (χ1) is 16.0. The third-order valence-electron chi connectivity index (χ3n) is 5.41. The smallest absolute Gasteiger partial charge is 0.251 e. The molecular weight excluding hydrogens is 443 g/mol. The molecule has 9 heteroatoms. The van der Waals surface area contributed by atoms with Crippen molar-refractivity contribution in [1.82, 2.24) is 15.1 Å². The van der Waals surface area contributed by atoms with Crippen LogP contribution in [0.5, 0.6) is 0 Å². The predicted octanol–water partition coefficient (Wildman–Crippen LogP) is 2.46. The van der Waals surface area contributed by atoms with Crippen molar-refractivity contribution in [3.05, 3.63) is 66.0 Å². The zero-order valence-corrected chi connectivity index (χ0v) is 19.4. The van der Waals surface area contributed by atoms with Gasteiger partial charge in [0.25, 0.3) is 5.91 Å². The summed E-state index contributed by atoms with van der Waals surface area (Å²) in [6, 6.07) is 14.0. The number of amides is 3. The molecule has 0 bridgehead atoms. The number of carbonyl (C=O) groups is 3. The highest BCUT2D eigenvalue weighted by atomic mass is 32.2. The van der Waals surface area contributed by atoms with Gasteiger partial charge in [-0.3, -0.25) is 19.3 Å². The molecule has 1 fully saturated rings. The van der Waals surface area contributed by atoms with Crippen LogP contribution >= 0.6 is 11.8 Å². The summed E-state index contributed by atoms with van der Waals surface area (Å²) >= 11 is 1.63. The Morgan fingerprint density at radius 2 is 1.76 bits per heavy atom. The molecule has 2 aromatic rings. The fourth-order valence-corrected chi connectivity index (χ4v) is 4.11. The summed E-state index contributed by atoms with van der Waals surface area (Å²) in [5.74, 6) is -0.241. The van der Waals surface area contributed by atoms with Gasteiger partial charge in [0.15, 0.2) is 0 Å². The summed E-state index contributed by atoms with van der Waals surface area (Å²) in [4.78, 5) is 41.7. The number of hydrogen-bond acceptors (Lipinski definition) is 5. The van der Waals surface area contributed by atoms with Crippen LogP contribution in [0.3, 0.4) is 0 Å². The SMILES string of the molecule is CSCCC(NC(=O)c1ccccc1)C(=O)N1CCN(CC(=O)Nc2cccc(F)c2)CC1. The van der Waals surface area contributed by atoms with Crippen LogP contribution in [0, 0.1) is 5.82 Å². The van der Waals surface area contributed by atoms with Crippen molar-refractivity contribution >= 4 is 35.2 Å². The zero-order valence-electron chi connectivity index (χ0n) is 18.6. The van der Waals surface area contributed by atoms with Gasteiger partial charge in [-0.05, 0) is 48.8 Å². The van der Waals surface area contributed by atoms with Gasteiger partial charge in [0.1, 0.15) is 11.9 Å². The summed E-state index contributed by atoms with van der Waals surface area (Å²) in [5.41, 5.74) is 0.938. The Bertz CT molecular complexity index is 952. The summed E-state index contributed by atoms with van der Waals surface area (Å²) in [5, 5.41) is 5.58. The van der Waals surface area contributed by atoms with Gasteiger partial charge in [-0.15, -0.1) is 0 Å². The van der Waals surface area contributed by atoms with Gasteiger partial charge in [-0.2, -0.15) is 11.8 Å². The van der Waals surface area contributed by atoms with E-state index in [0.717, 1.165) is 5.75 Å². The van der Waals surface area contributed by atoms with Gasteiger partial charge < -0.3 is 15.5 Å². The van der Waals surface area contributed by atoms with E-state index in [1.165, 1.54) is 12.1 Å². The number of anilines is 1. The molecule has 0 aromatic heterocycles. The average molecular weight is 473 g/mol. The van der Waals surface area contributed by atoms with Gasteiger partial charge >= 0.3 is 0 Å². The highest BCUT2D eigenvalue weighted by Crippen LogP contribution is 2.12.